The Morgan fingerprint density at radius 3 is 2.40 bits per heavy atom. The normalized spacial score (nSPS) is 39.4. The van der Waals surface area contributed by atoms with Crippen LogP contribution in [0.15, 0.2) is 11.5 Å². The molecule has 1 fully saturated rings. The molecule has 1 atom stereocenters. The van der Waals surface area contributed by atoms with Gasteiger partial charge in [0.2, 0.25) is 0 Å². The van der Waals surface area contributed by atoms with E-state index in [4.69, 9.17) is 0 Å². The summed E-state index contributed by atoms with van der Waals surface area (Å²) in [5.74, 6) is 0.187. The van der Waals surface area contributed by atoms with Crippen LogP contribution in [0.25, 0.3) is 0 Å². The quantitative estimate of drug-likeness (QED) is 0.712. The van der Waals surface area contributed by atoms with Crippen LogP contribution in [0.5, 0.6) is 0 Å². The van der Waals surface area contributed by atoms with Gasteiger partial charge in [-0.05, 0) is 25.7 Å². The molecule has 0 saturated heterocycles. The van der Waals surface area contributed by atoms with E-state index in [0.29, 0.717) is 6.04 Å². The highest BCUT2D eigenvalue weighted by Crippen LogP contribution is 2.20. The topological polar surface area (TPSA) is 66.4 Å². The van der Waals surface area contributed by atoms with E-state index in [1.54, 1.807) is 6.08 Å². The van der Waals surface area contributed by atoms with Gasteiger partial charge in [-0.1, -0.05) is 6.08 Å². The highest BCUT2D eigenvalue weighted by atomic mass is 32.2. The maximum Gasteiger partial charge on any atom is 0.173 e. The van der Waals surface area contributed by atoms with Crippen molar-refractivity contribution in [3.63, 3.8) is 0 Å². The van der Waals surface area contributed by atoms with Crippen molar-refractivity contribution in [3.8, 4) is 0 Å². The van der Waals surface area contributed by atoms with E-state index in [1.807, 2.05) is 0 Å². The Balaban J connectivity index is 1.82. The first-order valence-corrected chi connectivity index (χ1v) is 7.12. The monoisotopic (exact) mass is 231 g/mol. The number of rotatable bonds is 2. The van der Waals surface area contributed by atoms with E-state index in [2.05, 4.69) is 5.32 Å². The van der Waals surface area contributed by atoms with Crippen LogP contribution in [0.3, 0.4) is 0 Å². The molecule has 1 aliphatic heterocycles. The summed E-state index contributed by atoms with van der Waals surface area (Å²) in [6.07, 6.45) is 5.07. The van der Waals surface area contributed by atoms with Crippen LogP contribution in [0.4, 0.5) is 0 Å². The first-order valence-electron chi connectivity index (χ1n) is 5.40. The summed E-state index contributed by atoms with van der Waals surface area (Å²) in [7, 11) is -2.95. The molecule has 1 unspecified atom stereocenters. The molecule has 2 N–H and O–H groups in total. The van der Waals surface area contributed by atoms with Crippen LogP contribution in [-0.2, 0) is 9.84 Å². The van der Waals surface area contributed by atoms with Gasteiger partial charge in [-0.2, -0.15) is 0 Å². The van der Waals surface area contributed by atoms with E-state index in [9.17, 15) is 13.5 Å². The lowest BCUT2D eigenvalue weighted by molar-refractivity contribution is 0.116. The molecular formula is C10H17NO3S. The van der Waals surface area contributed by atoms with Crippen molar-refractivity contribution < 1.29 is 13.5 Å². The van der Waals surface area contributed by atoms with Gasteiger partial charge in [0.05, 0.1) is 11.9 Å². The second-order valence-electron chi connectivity index (χ2n) is 4.44. The molecule has 0 spiro atoms. The van der Waals surface area contributed by atoms with E-state index < -0.39 is 9.84 Å². The Morgan fingerprint density at radius 1 is 1.20 bits per heavy atom. The Hall–Kier alpha value is -0.390. The molecule has 1 aliphatic carbocycles. The van der Waals surface area contributed by atoms with E-state index in [-0.39, 0.29) is 17.9 Å². The molecule has 1 saturated carbocycles. The largest absolute Gasteiger partial charge is 0.393 e. The number of nitrogens with one attached hydrogen (secondary N) is 1. The summed E-state index contributed by atoms with van der Waals surface area (Å²) < 4.78 is 22.3. The molecule has 5 heteroatoms. The zero-order valence-corrected chi connectivity index (χ0v) is 9.41. The number of aliphatic hydroxyl groups is 1. The van der Waals surface area contributed by atoms with Gasteiger partial charge in [-0.3, -0.25) is 0 Å². The summed E-state index contributed by atoms with van der Waals surface area (Å²) in [5, 5.41) is 13.9. The molecule has 4 nitrogen and oxygen atoms in total. The van der Waals surface area contributed by atoms with Crippen LogP contribution in [0.2, 0.25) is 0 Å². The second-order valence-corrected chi connectivity index (χ2v) is 6.37. The third-order valence-electron chi connectivity index (χ3n) is 3.08. The molecule has 15 heavy (non-hydrogen) atoms. The Morgan fingerprint density at radius 2 is 1.87 bits per heavy atom. The summed E-state index contributed by atoms with van der Waals surface area (Å²) >= 11 is 0. The average molecular weight is 231 g/mol. The molecule has 0 aromatic carbocycles. The van der Waals surface area contributed by atoms with Crippen LogP contribution < -0.4 is 5.32 Å². The minimum Gasteiger partial charge on any atom is -0.393 e. The van der Waals surface area contributed by atoms with E-state index in [1.165, 1.54) is 5.41 Å². The molecule has 2 rings (SSSR count). The molecule has 0 bridgehead atoms. The smallest absolute Gasteiger partial charge is 0.173 e. The highest BCUT2D eigenvalue weighted by Gasteiger charge is 2.26. The maximum absolute atomic E-state index is 11.2. The van der Waals surface area contributed by atoms with Crippen molar-refractivity contribution in [2.75, 3.05) is 5.75 Å². The first kappa shape index (κ1) is 11.1. The van der Waals surface area contributed by atoms with Gasteiger partial charge in [0.1, 0.15) is 0 Å². The molecule has 86 valence electrons. The van der Waals surface area contributed by atoms with Gasteiger partial charge in [0.25, 0.3) is 0 Å². The van der Waals surface area contributed by atoms with Gasteiger partial charge >= 0.3 is 0 Å². The molecule has 0 aromatic heterocycles. The molecule has 0 amide bonds. The van der Waals surface area contributed by atoms with Crippen LogP contribution in [-0.4, -0.2) is 37.5 Å². The summed E-state index contributed by atoms with van der Waals surface area (Å²) in [4.78, 5) is 0. The maximum atomic E-state index is 11.2. The number of sulfone groups is 1. The van der Waals surface area contributed by atoms with Crippen LogP contribution in [0, 0.1) is 0 Å². The number of hydrogen-bond donors (Lipinski definition) is 2. The number of aliphatic hydroxyl groups excluding tert-OH is 1. The zero-order chi connectivity index (χ0) is 10.9. The van der Waals surface area contributed by atoms with E-state index >= 15 is 0 Å². The third-order valence-corrected chi connectivity index (χ3v) is 4.47. The highest BCUT2D eigenvalue weighted by molar-refractivity contribution is 7.94. The number of hydrogen-bond acceptors (Lipinski definition) is 4. The fraction of sp³-hybridized carbons (Fsp3) is 0.800. The summed E-state index contributed by atoms with van der Waals surface area (Å²) in [6.45, 7) is 0. The van der Waals surface area contributed by atoms with Crippen molar-refractivity contribution in [1.29, 1.82) is 0 Å². The summed E-state index contributed by atoms with van der Waals surface area (Å²) in [5.41, 5.74) is 0. The van der Waals surface area contributed by atoms with Gasteiger partial charge in [-0.15, -0.1) is 0 Å². The average Bonchev–Trinajstić information content (AvgIpc) is 2.50. The Labute approximate surface area is 90.3 Å². The van der Waals surface area contributed by atoms with Gasteiger partial charge in [0.15, 0.2) is 9.84 Å². The summed E-state index contributed by atoms with van der Waals surface area (Å²) in [6, 6.07) is 0.326. The fourth-order valence-corrected chi connectivity index (χ4v) is 3.47. The van der Waals surface area contributed by atoms with Crippen molar-refractivity contribution in [1.82, 2.24) is 5.32 Å². The SMILES string of the molecule is O=S1(=O)C=CC(NC2CCC(O)CC2)C1. The predicted octanol–water partition coefficient (Wildman–Crippen LogP) is 0.190. The minimum atomic E-state index is -2.95. The van der Waals surface area contributed by atoms with Crippen molar-refractivity contribution >= 4 is 9.84 Å². The van der Waals surface area contributed by atoms with Crippen molar-refractivity contribution in [3.05, 3.63) is 11.5 Å². The molecular weight excluding hydrogens is 214 g/mol. The predicted molar refractivity (Wildman–Crippen MR) is 58.1 cm³/mol. The van der Waals surface area contributed by atoms with Crippen molar-refractivity contribution in [2.24, 2.45) is 0 Å². The lowest BCUT2D eigenvalue weighted by atomic mass is 9.93. The third kappa shape index (κ3) is 3.03. The molecule has 1 heterocycles. The van der Waals surface area contributed by atoms with Gasteiger partial charge in [0, 0.05) is 17.5 Å². The molecule has 2 aliphatic rings. The zero-order valence-electron chi connectivity index (χ0n) is 8.59. The molecule has 0 radical (unpaired) electrons. The fourth-order valence-electron chi connectivity index (χ4n) is 2.22. The van der Waals surface area contributed by atoms with Crippen LogP contribution >= 0.6 is 0 Å². The first-order chi connectivity index (χ1) is 7.05. The van der Waals surface area contributed by atoms with E-state index in [0.717, 1.165) is 25.7 Å². The Kier molecular flexibility index (Phi) is 3.13. The second kappa shape index (κ2) is 4.23. The molecule has 0 aromatic rings. The minimum absolute atomic E-state index is 0.0322. The van der Waals surface area contributed by atoms with Crippen molar-refractivity contribution in [2.45, 2.75) is 43.9 Å². The van der Waals surface area contributed by atoms with Crippen LogP contribution in [0.1, 0.15) is 25.7 Å². The lowest BCUT2D eigenvalue weighted by Gasteiger charge is -2.28. The van der Waals surface area contributed by atoms with Gasteiger partial charge in [-0.25, -0.2) is 8.42 Å². The standard InChI is InChI=1S/C10H17NO3S/c12-10-3-1-8(2-4-10)11-9-5-6-15(13,14)7-9/h5-6,8-12H,1-4,7H2. The Bertz CT molecular complexity index is 342. The lowest BCUT2D eigenvalue weighted by Crippen LogP contribution is -2.41. The van der Waals surface area contributed by atoms with Gasteiger partial charge < -0.3 is 10.4 Å².